The van der Waals surface area contributed by atoms with Crippen LogP contribution in [0.4, 0.5) is 0 Å². The minimum atomic E-state index is -0.514. The Balaban J connectivity index is 2.09. The summed E-state index contributed by atoms with van der Waals surface area (Å²) >= 11 is 1.61. The third-order valence-electron chi connectivity index (χ3n) is 4.18. The SMILES string of the molecule is CC(C)Cc1ccc([C@H](NC(=O)CNC(=O)C(C)(C)C)c2cccs2)cc1. The van der Waals surface area contributed by atoms with E-state index in [4.69, 9.17) is 0 Å². The van der Waals surface area contributed by atoms with Gasteiger partial charge in [-0.2, -0.15) is 0 Å². The quantitative estimate of drug-likeness (QED) is 0.745. The molecule has 0 aliphatic rings. The summed E-state index contributed by atoms with van der Waals surface area (Å²) in [7, 11) is 0. The maximum Gasteiger partial charge on any atom is 0.240 e. The molecule has 4 nitrogen and oxygen atoms in total. The standard InChI is InChI=1S/C22H30N2O2S/c1-15(2)13-16-8-10-17(11-9-16)20(18-7-6-12-27-18)24-19(25)14-23-21(26)22(3,4)5/h6-12,15,20H,13-14H2,1-5H3,(H,23,26)(H,24,25)/t20-/m0/s1. The van der Waals surface area contributed by atoms with Gasteiger partial charge in [0.05, 0.1) is 12.6 Å². The van der Waals surface area contributed by atoms with Crippen LogP contribution in [0.25, 0.3) is 0 Å². The number of hydrogen-bond donors (Lipinski definition) is 2. The molecule has 27 heavy (non-hydrogen) atoms. The zero-order valence-electron chi connectivity index (χ0n) is 16.8. The van der Waals surface area contributed by atoms with E-state index in [9.17, 15) is 9.59 Å². The number of carbonyl (C=O) groups excluding carboxylic acids is 2. The van der Waals surface area contributed by atoms with E-state index >= 15 is 0 Å². The molecule has 1 aromatic carbocycles. The molecular formula is C22H30N2O2S. The van der Waals surface area contributed by atoms with Gasteiger partial charge in [0.25, 0.3) is 0 Å². The molecule has 0 saturated carbocycles. The number of carbonyl (C=O) groups is 2. The van der Waals surface area contributed by atoms with E-state index in [1.165, 1.54) is 5.56 Å². The van der Waals surface area contributed by atoms with Crippen molar-refractivity contribution in [3.05, 3.63) is 57.8 Å². The van der Waals surface area contributed by atoms with E-state index in [2.05, 4.69) is 48.7 Å². The van der Waals surface area contributed by atoms with Crippen LogP contribution in [0.3, 0.4) is 0 Å². The molecule has 0 saturated heterocycles. The predicted molar refractivity (Wildman–Crippen MR) is 112 cm³/mol. The molecule has 1 aromatic heterocycles. The highest BCUT2D eigenvalue weighted by Gasteiger charge is 2.23. The summed E-state index contributed by atoms with van der Waals surface area (Å²) in [6.45, 7) is 9.86. The van der Waals surface area contributed by atoms with Crippen molar-refractivity contribution in [2.24, 2.45) is 11.3 Å². The van der Waals surface area contributed by atoms with Crippen LogP contribution in [0.5, 0.6) is 0 Å². The molecule has 0 radical (unpaired) electrons. The van der Waals surface area contributed by atoms with E-state index < -0.39 is 5.41 Å². The van der Waals surface area contributed by atoms with Gasteiger partial charge in [-0.15, -0.1) is 11.3 Å². The summed E-state index contributed by atoms with van der Waals surface area (Å²) in [6, 6.07) is 12.2. The predicted octanol–water partition coefficient (Wildman–Crippen LogP) is 4.31. The molecule has 2 amide bonds. The van der Waals surface area contributed by atoms with Crippen molar-refractivity contribution in [1.82, 2.24) is 10.6 Å². The molecule has 2 rings (SSSR count). The molecule has 0 bridgehead atoms. The van der Waals surface area contributed by atoms with Crippen molar-refractivity contribution in [3.8, 4) is 0 Å². The van der Waals surface area contributed by atoms with Crippen molar-refractivity contribution < 1.29 is 9.59 Å². The van der Waals surface area contributed by atoms with Crippen LogP contribution in [0.2, 0.25) is 0 Å². The lowest BCUT2D eigenvalue weighted by atomic mass is 9.96. The fourth-order valence-corrected chi connectivity index (χ4v) is 3.53. The molecule has 0 unspecified atom stereocenters. The first-order chi connectivity index (χ1) is 12.7. The second kappa shape index (κ2) is 9.18. The summed E-state index contributed by atoms with van der Waals surface area (Å²) in [5, 5.41) is 7.77. The Bertz CT molecular complexity index is 744. The van der Waals surface area contributed by atoms with Gasteiger partial charge >= 0.3 is 0 Å². The molecule has 1 heterocycles. The highest BCUT2D eigenvalue weighted by Crippen LogP contribution is 2.26. The number of benzene rings is 1. The Morgan fingerprint density at radius 2 is 1.74 bits per heavy atom. The Hall–Kier alpha value is -2.14. The van der Waals surface area contributed by atoms with E-state index in [-0.39, 0.29) is 24.4 Å². The fraction of sp³-hybridized carbons (Fsp3) is 0.455. The van der Waals surface area contributed by atoms with Crippen LogP contribution in [0.1, 0.15) is 56.7 Å². The fourth-order valence-electron chi connectivity index (χ4n) is 2.73. The van der Waals surface area contributed by atoms with Gasteiger partial charge < -0.3 is 10.6 Å². The first-order valence-corrected chi connectivity index (χ1v) is 10.2. The van der Waals surface area contributed by atoms with Crippen molar-refractivity contribution in [3.63, 3.8) is 0 Å². The minimum absolute atomic E-state index is 0.0244. The topological polar surface area (TPSA) is 58.2 Å². The highest BCUT2D eigenvalue weighted by atomic mass is 32.1. The van der Waals surface area contributed by atoms with Crippen LogP contribution in [0.15, 0.2) is 41.8 Å². The van der Waals surface area contributed by atoms with Crippen molar-refractivity contribution in [1.29, 1.82) is 0 Å². The summed E-state index contributed by atoms with van der Waals surface area (Å²) in [4.78, 5) is 25.5. The lowest BCUT2D eigenvalue weighted by molar-refractivity contribution is -0.131. The molecule has 146 valence electrons. The van der Waals surface area contributed by atoms with Crippen LogP contribution in [0, 0.1) is 11.3 Å². The van der Waals surface area contributed by atoms with Crippen molar-refractivity contribution in [2.45, 2.75) is 47.1 Å². The maximum atomic E-state index is 12.4. The summed E-state index contributed by atoms with van der Waals surface area (Å²) < 4.78 is 0. The smallest absolute Gasteiger partial charge is 0.240 e. The van der Waals surface area contributed by atoms with Gasteiger partial charge in [-0.3, -0.25) is 9.59 Å². The van der Waals surface area contributed by atoms with Gasteiger partial charge in [-0.05, 0) is 34.9 Å². The lowest BCUT2D eigenvalue weighted by Crippen LogP contribution is -2.42. The third-order valence-corrected chi connectivity index (χ3v) is 5.12. The monoisotopic (exact) mass is 386 g/mol. The third kappa shape index (κ3) is 6.51. The second-order valence-electron chi connectivity index (χ2n) is 8.29. The van der Waals surface area contributed by atoms with Crippen LogP contribution >= 0.6 is 11.3 Å². The summed E-state index contributed by atoms with van der Waals surface area (Å²) in [5.74, 6) is 0.274. The van der Waals surface area contributed by atoms with Crippen molar-refractivity contribution >= 4 is 23.2 Å². The zero-order chi connectivity index (χ0) is 20.0. The van der Waals surface area contributed by atoms with Crippen LogP contribution in [-0.2, 0) is 16.0 Å². The van der Waals surface area contributed by atoms with Gasteiger partial charge in [0.1, 0.15) is 0 Å². The average Bonchev–Trinajstić information content (AvgIpc) is 3.11. The Morgan fingerprint density at radius 1 is 1.07 bits per heavy atom. The van der Waals surface area contributed by atoms with E-state index in [1.54, 1.807) is 11.3 Å². The average molecular weight is 387 g/mol. The van der Waals surface area contributed by atoms with Gasteiger partial charge in [0.15, 0.2) is 0 Å². The normalized spacial score (nSPS) is 12.7. The second-order valence-corrected chi connectivity index (χ2v) is 9.27. The van der Waals surface area contributed by atoms with E-state index in [1.807, 2.05) is 38.3 Å². The Labute approximate surface area is 166 Å². The largest absolute Gasteiger partial charge is 0.347 e. The first kappa shape index (κ1) is 21.2. The molecule has 2 aromatic rings. The molecule has 0 aliphatic carbocycles. The van der Waals surface area contributed by atoms with Gasteiger partial charge in [-0.1, -0.05) is 65.0 Å². The van der Waals surface area contributed by atoms with E-state index in [0.29, 0.717) is 5.92 Å². The van der Waals surface area contributed by atoms with Gasteiger partial charge in [0, 0.05) is 10.3 Å². The maximum absolute atomic E-state index is 12.4. The minimum Gasteiger partial charge on any atom is -0.347 e. The highest BCUT2D eigenvalue weighted by molar-refractivity contribution is 7.10. The number of nitrogens with one attached hydrogen (secondary N) is 2. The molecule has 0 spiro atoms. The zero-order valence-corrected chi connectivity index (χ0v) is 17.7. The Morgan fingerprint density at radius 3 is 2.26 bits per heavy atom. The number of thiophene rings is 1. The van der Waals surface area contributed by atoms with Gasteiger partial charge in [-0.25, -0.2) is 0 Å². The number of amides is 2. The molecule has 0 aliphatic heterocycles. The summed E-state index contributed by atoms with van der Waals surface area (Å²) in [5.41, 5.74) is 1.82. The van der Waals surface area contributed by atoms with E-state index in [0.717, 1.165) is 16.9 Å². The molecule has 2 N–H and O–H groups in total. The molecule has 1 atom stereocenters. The number of hydrogen-bond acceptors (Lipinski definition) is 3. The molecular weight excluding hydrogens is 356 g/mol. The molecule has 5 heteroatoms. The Kier molecular flexibility index (Phi) is 7.19. The molecule has 0 fully saturated rings. The summed E-state index contributed by atoms with van der Waals surface area (Å²) in [6.07, 6.45) is 1.04. The first-order valence-electron chi connectivity index (χ1n) is 9.36. The lowest BCUT2D eigenvalue weighted by Gasteiger charge is -2.21. The van der Waals surface area contributed by atoms with Gasteiger partial charge in [0.2, 0.25) is 11.8 Å². The van der Waals surface area contributed by atoms with Crippen molar-refractivity contribution in [2.75, 3.05) is 6.54 Å². The number of rotatable bonds is 7. The van der Waals surface area contributed by atoms with Crippen LogP contribution in [-0.4, -0.2) is 18.4 Å². The van der Waals surface area contributed by atoms with Crippen LogP contribution < -0.4 is 10.6 Å².